The highest BCUT2D eigenvalue weighted by Gasteiger charge is 2.09. The molecule has 2 rings (SSSR count). The maximum atomic E-state index is 13.4. The molecule has 4 nitrogen and oxygen atoms in total. The van der Waals surface area contributed by atoms with Crippen LogP contribution >= 0.6 is 0 Å². The molecule has 1 aromatic carbocycles. The van der Waals surface area contributed by atoms with Crippen LogP contribution in [0.25, 0.3) is 0 Å². The summed E-state index contributed by atoms with van der Waals surface area (Å²) < 4.78 is 18.4. The number of rotatable bonds is 3. The maximum Gasteiger partial charge on any atom is 0.167 e. The summed E-state index contributed by atoms with van der Waals surface area (Å²) >= 11 is 0. The Kier molecular flexibility index (Phi) is 2.76. The van der Waals surface area contributed by atoms with Gasteiger partial charge < -0.3 is 15.2 Å². The number of para-hydroxylation sites is 1. The monoisotopic (exact) mass is 221 g/mol. The number of aromatic nitrogens is 1. The normalized spacial score (nSPS) is 10.4. The summed E-state index contributed by atoms with van der Waals surface area (Å²) in [6.45, 7) is 0.422. The predicted octanol–water partition coefficient (Wildman–Crippen LogP) is 2.03. The molecule has 2 aromatic rings. The van der Waals surface area contributed by atoms with Crippen molar-refractivity contribution < 1.29 is 8.91 Å². The molecular weight excluding hydrogens is 209 g/mol. The number of nitrogens with two attached hydrogens (primary N) is 1. The first-order chi connectivity index (χ1) is 7.66. The molecule has 0 spiro atoms. The van der Waals surface area contributed by atoms with Crippen molar-refractivity contribution in [3.8, 4) is 0 Å². The Balaban J connectivity index is 2.14. The van der Waals surface area contributed by atoms with Gasteiger partial charge in [-0.25, -0.2) is 4.39 Å². The first-order valence-electron chi connectivity index (χ1n) is 4.83. The quantitative estimate of drug-likeness (QED) is 0.861. The minimum absolute atomic E-state index is 0.266. The van der Waals surface area contributed by atoms with E-state index in [1.807, 2.05) is 0 Å². The lowest BCUT2D eigenvalue weighted by molar-refractivity contribution is 0.385. The zero-order chi connectivity index (χ0) is 11.5. The molecular formula is C11H12FN3O. The van der Waals surface area contributed by atoms with Crippen molar-refractivity contribution in [1.82, 2.24) is 5.16 Å². The molecule has 16 heavy (non-hydrogen) atoms. The third-order valence-electron chi connectivity index (χ3n) is 2.23. The van der Waals surface area contributed by atoms with Crippen molar-refractivity contribution in [1.29, 1.82) is 0 Å². The Labute approximate surface area is 92.4 Å². The standard InChI is InChI=1S/C11H12FN3O/c1-15(7-8-6-11(13)14-16-8)10-5-3-2-4-9(10)12/h2-6H,7H2,1H3,(H2,13,14). The number of halogens is 1. The number of anilines is 2. The van der Waals surface area contributed by atoms with Crippen molar-refractivity contribution in [2.45, 2.75) is 6.54 Å². The number of nitrogen functional groups attached to an aromatic ring is 1. The molecule has 0 aliphatic carbocycles. The van der Waals surface area contributed by atoms with Crippen molar-refractivity contribution in [3.05, 3.63) is 41.9 Å². The lowest BCUT2D eigenvalue weighted by atomic mass is 10.2. The lowest BCUT2D eigenvalue weighted by Crippen LogP contribution is -2.17. The van der Waals surface area contributed by atoms with E-state index in [0.717, 1.165) is 0 Å². The van der Waals surface area contributed by atoms with E-state index in [9.17, 15) is 4.39 Å². The first-order valence-corrected chi connectivity index (χ1v) is 4.83. The topological polar surface area (TPSA) is 55.3 Å². The van der Waals surface area contributed by atoms with Crippen LogP contribution in [0.1, 0.15) is 5.76 Å². The molecule has 0 aliphatic rings. The number of benzene rings is 1. The lowest BCUT2D eigenvalue weighted by Gasteiger charge is -2.17. The van der Waals surface area contributed by atoms with E-state index in [2.05, 4.69) is 5.16 Å². The van der Waals surface area contributed by atoms with Gasteiger partial charge in [-0.05, 0) is 12.1 Å². The Morgan fingerprint density at radius 2 is 2.19 bits per heavy atom. The van der Waals surface area contributed by atoms with Crippen molar-refractivity contribution in [3.63, 3.8) is 0 Å². The molecule has 0 saturated carbocycles. The molecule has 1 aromatic heterocycles. The van der Waals surface area contributed by atoms with Gasteiger partial charge in [0.15, 0.2) is 11.6 Å². The molecule has 1 heterocycles. The van der Waals surface area contributed by atoms with Gasteiger partial charge >= 0.3 is 0 Å². The Morgan fingerprint density at radius 3 is 2.81 bits per heavy atom. The highest BCUT2D eigenvalue weighted by Crippen LogP contribution is 2.19. The molecule has 0 fully saturated rings. The fraction of sp³-hybridized carbons (Fsp3) is 0.182. The molecule has 0 amide bonds. The second-order valence-electron chi connectivity index (χ2n) is 3.53. The largest absolute Gasteiger partial charge is 0.381 e. The number of hydrogen-bond donors (Lipinski definition) is 1. The van der Waals surface area contributed by atoms with Crippen LogP contribution in [0.2, 0.25) is 0 Å². The van der Waals surface area contributed by atoms with Gasteiger partial charge in [-0.3, -0.25) is 0 Å². The van der Waals surface area contributed by atoms with Crippen LogP contribution in [0.3, 0.4) is 0 Å². The molecule has 0 radical (unpaired) electrons. The molecule has 0 atom stereocenters. The van der Waals surface area contributed by atoms with Gasteiger partial charge in [0.1, 0.15) is 5.82 Å². The first kappa shape index (κ1) is 10.5. The minimum atomic E-state index is -0.266. The van der Waals surface area contributed by atoms with E-state index in [1.54, 1.807) is 36.2 Å². The molecule has 0 aliphatic heterocycles. The van der Waals surface area contributed by atoms with Crippen molar-refractivity contribution in [2.75, 3.05) is 17.7 Å². The van der Waals surface area contributed by atoms with Gasteiger partial charge in [-0.15, -0.1) is 0 Å². The SMILES string of the molecule is CN(Cc1cc(N)no1)c1ccccc1F. The third-order valence-corrected chi connectivity index (χ3v) is 2.23. The Morgan fingerprint density at radius 1 is 1.44 bits per heavy atom. The van der Waals surface area contributed by atoms with Crippen LogP contribution in [0.4, 0.5) is 15.9 Å². The van der Waals surface area contributed by atoms with E-state index in [1.165, 1.54) is 6.07 Å². The summed E-state index contributed by atoms with van der Waals surface area (Å²) in [5, 5.41) is 3.57. The van der Waals surface area contributed by atoms with Gasteiger partial charge in [-0.1, -0.05) is 17.3 Å². The van der Waals surface area contributed by atoms with Gasteiger partial charge in [-0.2, -0.15) is 0 Å². The second kappa shape index (κ2) is 4.22. The Bertz CT molecular complexity index is 484. The van der Waals surface area contributed by atoms with E-state index in [4.69, 9.17) is 10.3 Å². The third kappa shape index (κ3) is 2.13. The summed E-state index contributed by atoms with van der Waals surface area (Å²) in [6, 6.07) is 8.18. The van der Waals surface area contributed by atoms with Gasteiger partial charge in [0, 0.05) is 13.1 Å². The molecule has 0 bridgehead atoms. The van der Waals surface area contributed by atoms with Crippen LogP contribution in [-0.2, 0) is 6.54 Å². The summed E-state index contributed by atoms with van der Waals surface area (Å²) in [5.41, 5.74) is 5.94. The van der Waals surface area contributed by atoms with Crippen molar-refractivity contribution >= 4 is 11.5 Å². The molecule has 84 valence electrons. The van der Waals surface area contributed by atoms with E-state index in [-0.39, 0.29) is 5.82 Å². The average Bonchev–Trinajstić information content (AvgIpc) is 2.64. The summed E-state index contributed by atoms with van der Waals surface area (Å²) in [4.78, 5) is 1.73. The van der Waals surface area contributed by atoms with E-state index in [0.29, 0.717) is 23.8 Å². The number of hydrogen-bond acceptors (Lipinski definition) is 4. The highest BCUT2D eigenvalue weighted by atomic mass is 19.1. The zero-order valence-corrected chi connectivity index (χ0v) is 8.85. The Hall–Kier alpha value is -2.04. The molecule has 0 saturated heterocycles. The highest BCUT2D eigenvalue weighted by molar-refractivity contribution is 5.47. The number of nitrogens with zero attached hydrogens (tertiary/aromatic N) is 2. The molecule has 5 heteroatoms. The van der Waals surface area contributed by atoms with Gasteiger partial charge in [0.05, 0.1) is 12.2 Å². The molecule has 2 N–H and O–H groups in total. The fourth-order valence-electron chi connectivity index (χ4n) is 1.48. The fourth-order valence-corrected chi connectivity index (χ4v) is 1.48. The maximum absolute atomic E-state index is 13.4. The van der Waals surface area contributed by atoms with Crippen LogP contribution in [0.5, 0.6) is 0 Å². The zero-order valence-electron chi connectivity index (χ0n) is 8.85. The van der Waals surface area contributed by atoms with Crippen molar-refractivity contribution in [2.24, 2.45) is 0 Å². The van der Waals surface area contributed by atoms with E-state index >= 15 is 0 Å². The average molecular weight is 221 g/mol. The summed E-state index contributed by atoms with van der Waals surface area (Å²) in [6.07, 6.45) is 0. The van der Waals surface area contributed by atoms with Gasteiger partial charge in [0.2, 0.25) is 0 Å². The second-order valence-corrected chi connectivity index (χ2v) is 3.53. The molecule has 0 unspecified atom stereocenters. The van der Waals surface area contributed by atoms with Crippen LogP contribution in [-0.4, -0.2) is 12.2 Å². The van der Waals surface area contributed by atoms with Gasteiger partial charge in [0.25, 0.3) is 0 Å². The van der Waals surface area contributed by atoms with Crippen LogP contribution < -0.4 is 10.6 Å². The predicted molar refractivity (Wildman–Crippen MR) is 59.4 cm³/mol. The summed E-state index contributed by atoms with van der Waals surface area (Å²) in [5.74, 6) is 0.665. The van der Waals surface area contributed by atoms with E-state index < -0.39 is 0 Å². The van der Waals surface area contributed by atoms with Crippen LogP contribution in [0.15, 0.2) is 34.9 Å². The summed E-state index contributed by atoms with van der Waals surface area (Å²) in [7, 11) is 1.77. The smallest absolute Gasteiger partial charge is 0.167 e. The van der Waals surface area contributed by atoms with Crippen LogP contribution in [0, 0.1) is 5.82 Å². The minimum Gasteiger partial charge on any atom is -0.381 e.